The summed E-state index contributed by atoms with van der Waals surface area (Å²) in [5.74, 6) is 0. The molecule has 0 unspecified atom stereocenters. The van der Waals surface area contributed by atoms with Crippen LogP contribution in [0.3, 0.4) is 0 Å². The van der Waals surface area contributed by atoms with E-state index in [0.717, 1.165) is 0 Å². The summed E-state index contributed by atoms with van der Waals surface area (Å²) in [6, 6.07) is 0. The Balaban J connectivity index is 3.39. The first-order valence-electron chi connectivity index (χ1n) is 6.08. The van der Waals surface area contributed by atoms with Crippen molar-refractivity contribution in [3.05, 3.63) is 0 Å². The van der Waals surface area contributed by atoms with Gasteiger partial charge in [0.25, 0.3) is 0 Å². The largest absolute Gasteiger partial charge is 0.175 e. The summed E-state index contributed by atoms with van der Waals surface area (Å²) in [5.41, 5.74) is 0. The Morgan fingerprint density at radius 3 is 1.36 bits per heavy atom. The van der Waals surface area contributed by atoms with Gasteiger partial charge in [0.15, 0.2) is 0 Å². The van der Waals surface area contributed by atoms with E-state index < -0.39 is 0 Å². The van der Waals surface area contributed by atoms with Crippen LogP contribution in [0.15, 0.2) is 0 Å². The van der Waals surface area contributed by atoms with Crippen LogP contribution in [-0.2, 0) is 0 Å². The van der Waals surface area contributed by atoms with Crippen molar-refractivity contribution in [3.63, 3.8) is 0 Å². The van der Waals surface area contributed by atoms with Crippen LogP contribution in [0.4, 0.5) is 0 Å². The zero-order chi connectivity index (χ0) is 10.8. The third-order valence-electron chi connectivity index (χ3n) is 2.65. The highest BCUT2D eigenvalue weighted by Crippen LogP contribution is 2.21. The van der Waals surface area contributed by atoms with E-state index in [-0.39, 0.29) is 0 Å². The minimum Gasteiger partial charge on any atom is -0.175 e. The molecule has 0 aromatic rings. The zero-order valence-electron chi connectivity index (χ0n) is 9.71. The van der Waals surface area contributed by atoms with Gasteiger partial charge in [-0.3, -0.25) is 0 Å². The van der Waals surface area contributed by atoms with Gasteiger partial charge in [0.05, 0.1) is 0 Å². The SMILES string of the molecule is CCCCC[C@@H](S)[C@@H](S)CCCCC. The van der Waals surface area contributed by atoms with Crippen LogP contribution in [0.5, 0.6) is 0 Å². The van der Waals surface area contributed by atoms with Crippen LogP contribution >= 0.6 is 25.3 Å². The molecular weight excluding hydrogens is 208 g/mol. The maximum Gasteiger partial charge on any atom is 0.0133 e. The van der Waals surface area contributed by atoms with Crippen molar-refractivity contribution in [1.82, 2.24) is 0 Å². The zero-order valence-corrected chi connectivity index (χ0v) is 11.5. The first-order chi connectivity index (χ1) is 6.72. The molecule has 2 heteroatoms. The van der Waals surface area contributed by atoms with Crippen molar-refractivity contribution in [3.8, 4) is 0 Å². The van der Waals surface area contributed by atoms with E-state index >= 15 is 0 Å². The third-order valence-corrected chi connectivity index (χ3v) is 4.12. The van der Waals surface area contributed by atoms with Gasteiger partial charge in [-0.05, 0) is 12.8 Å². The van der Waals surface area contributed by atoms with Crippen molar-refractivity contribution >= 4 is 25.3 Å². The van der Waals surface area contributed by atoms with Crippen molar-refractivity contribution < 1.29 is 0 Å². The fourth-order valence-corrected chi connectivity index (χ4v) is 2.26. The minimum atomic E-state index is 0.502. The first-order valence-corrected chi connectivity index (χ1v) is 7.11. The molecule has 0 aliphatic heterocycles. The molecule has 0 N–H and O–H groups in total. The van der Waals surface area contributed by atoms with Crippen LogP contribution in [0.25, 0.3) is 0 Å². The van der Waals surface area contributed by atoms with Crippen LogP contribution in [0, 0.1) is 0 Å². The van der Waals surface area contributed by atoms with Crippen molar-refractivity contribution in [2.45, 2.75) is 75.7 Å². The molecule has 14 heavy (non-hydrogen) atoms. The highest BCUT2D eigenvalue weighted by atomic mass is 32.1. The first kappa shape index (κ1) is 14.7. The standard InChI is InChI=1S/C12H26S2/c1-3-5-7-9-11(13)12(14)10-8-6-4-2/h11-14H,3-10H2,1-2H3/t11-,12+. The Morgan fingerprint density at radius 1 is 0.714 bits per heavy atom. The van der Waals surface area contributed by atoms with E-state index in [1.807, 2.05) is 0 Å². The normalized spacial score (nSPS) is 15.4. The average Bonchev–Trinajstić information content (AvgIpc) is 2.18. The highest BCUT2D eigenvalue weighted by Gasteiger charge is 2.12. The Morgan fingerprint density at radius 2 is 1.07 bits per heavy atom. The van der Waals surface area contributed by atoms with Gasteiger partial charge in [-0.25, -0.2) is 0 Å². The molecule has 0 aromatic carbocycles. The van der Waals surface area contributed by atoms with E-state index in [4.69, 9.17) is 0 Å². The molecule has 2 atom stereocenters. The molecule has 0 aliphatic carbocycles. The summed E-state index contributed by atoms with van der Waals surface area (Å²) in [6.07, 6.45) is 10.4. The van der Waals surface area contributed by atoms with E-state index in [9.17, 15) is 0 Å². The second-order valence-corrected chi connectivity index (χ2v) is 5.45. The minimum absolute atomic E-state index is 0.502. The molecule has 0 aromatic heterocycles. The van der Waals surface area contributed by atoms with E-state index in [2.05, 4.69) is 39.1 Å². The molecule has 0 spiro atoms. The monoisotopic (exact) mass is 234 g/mol. The quantitative estimate of drug-likeness (QED) is 0.418. The van der Waals surface area contributed by atoms with Crippen LogP contribution in [-0.4, -0.2) is 10.5 Å². The smallest absolute Gasteiger partial charge is 0.0133 e. The third kappa shape index (κ3) is 8.05. The van der Waals surface area contributed by atoms with Gasteiger partial charge in [-0.2, -0.15) is 25.3 Å². The summed E-state index contributed by atoms with van der Waals surface area (Å²) in [7, 11) is 0. The summed E-state index contributed by atoms with van der Waals surface area (Å²) in [4.78, 5) is 0. The second-order valence-electron chi connectivity index (χ2n) is 4.13. The fraction of sp³-hybridized carbons (Fsp3) is 1.00. The maximum absolute atomic E-state index is 4.62. The molecule has 0 saturated heterocycles. The van der Waals surface area contributed by atoms with Crippen molar-refractivity contribution in [2.24, 2.45) is 0 Å². The number of hydrogen-bond acceptors (Lipinski definition) is 2. The average molecular weight is 234 g/mol. The van der Waals surface area contributed by atoms with E-state index in [1.54, 1.807) is 0 Å². The lowest BCUT2D eigenvalue weighted by molar-refractivity contribution is 0.586. The van der Waals surface area contributed by atoms with Crippen molar-refractivity contribution in [2.75, 3.05) is 0 Å². The fourth-order valence-electron chi connectivity index (χ4n) is 1.59. The van der Waals surface area contributed by atoms with Crippen LogP contribution in [0.2, 0.25) is 0 Å². The lowest BCUT2D eigenvalue weighted by Gasteiger charge is -2.17. The van der Waals surface area contributed by atoms with Gasteiger partial charge >= 0.3 is 0 Å². The molecule has 0 saturated carbocycles. The predicted molar refractivity (Wildman–Crippen MR) is 73.8 cm³/mol. The number of hydrogen-bond donors (Lipinski definition) is 2. The molecule has 0 aliphatic rings. The highest BCUT2D eigenvalue weighted by molar-refractivity contribution is 7.85. The number of rotatable bonds is 9. The molecule has 0 rings (SSSR count). The summed E-state index contributed by atoms with van der Waals surface area (Å²) in [6.45, 7) is 4.49. The van der Waals surface area contributed by atoms with E-state index in [1.165, 1.54) is 51.4 Å². The lowest BCUT2D eigenvalue weighted by Crippen LogP contribution is -2.15. The number of unbranched alkanes of at least 4 members (excludes halogenated alkanes) is 4. The van der Waals surface area contributed by atoms with Gasteiger partial charge in [0.1, 0.15) is 0 Å². The second kappa shape index (κ2) is 10.2. The summed E-state index contributed by atoms with van der Waals surface area (Å²) >= 11 is 9.25. The Bertz CT molecular complexity index is 101. The Hall–Kier alpha value is 0.700. The predicted octanol–water partition coefficient (Wildman–Crippen LogP) is 4.74. The molecule has 0 bridgehead atoms. The molecule has 0 heterocycles. The van der Waals surface area contributed by atoms with Crippen LogP contribution in [0.1, 0.15) is 65.2 Å². The molecule has 0 fully saturated rings. The Labute approximate surface area is 101 Å². The maximum atomic E-state index is 4.62. The van der Waals surface area contributed by atoms with Gasteiger partial charge < -0.3 is 0 Å². The Kier molecular flexibility index (Phi) is 10.7. The lowest BCUT2D eigenvalue weighted by atomic mass is 10.1. The van der Waals surface area contributed by atoms with Crippen molar-refractivity contribution in [1.29, 1.82) is 0 Å². The molecule has 0 amide bonds. The topological polar surface area (TPSA) is 0 Å². The summed E-state index contributed by atoms with van der Waals surface area (Å²) in [5, 5.41) is 1.00. The van der Waals surface area contributed by atoms with Gasteiger partial charge in [-0.1, -0.05) is 52.4 Å². The van der Waals surface area contributed by atoms with E-state index in [0.29, 0.717) is 10.5 Å². The van der Waals surface area contributed by atoms with Gasteiger partial charge in [0, 0.05) is 10.5 Å². The molecule has 86 valence electrons. The molecule has 0 nitrogen and oxygen atoms in total. The van der Waals surface area contributed by atoms with Crippen LogP contribution < -0.4 is 0 Å². The van der Waals surface area contributed by atoms with Gasteiger partial charge in [-0.15, -0.1) is 0 Å². The number of thiol groups is 2. The van der Waals surface area contributed by atoms with Gasteiger partial charge in [0.2, 0.25) is 0 Å². The summed E-state index contributed by atoms with van der Waals surface area (Å²) < 4.78 is 0. The molecular formula is C12H26S2. The molecule has 0 radical (unpaired) electrons.